The molecule has 0 bridgehead atoms. The number of hydrogen-bond donors (Lipinski definition) is 0. The molecule has 3 nitrogen and oxygen atoms in total. The molecule has 4 heteroatoms. The Bertz CT molecular complexity index is 439. The highest BCUT2D eigenvalue weighted by Gasteiger charge is 1.99. The largest absolute Gasteiger partial charge is 0.467 e. The highest BCUT2D eigenvalue weighted by molar-refractivity contribution is 9.10. The summed E-state index contributed by atoms with van der Waals surface area (Å²) in [4.78, 5) is 8.10. The Morgan fingerprint density at radius 3 is 2.13 bits per heavy atom. The van der Waals surface area contributed by atoms with E-state index in [1.54, 1.807) is 19.5 Å². The first-order valence-electron chi connectivity index (χ1n) is 4.41. The van der Waals surface area contributed by atoms with Gasteiger partial charge in [0.1, 0.15) is 0 Å². The van der Waals surface area contributed by atoms with E-state index in [-0.39, 0.29) is 0 Å². The van der Waals surface area contributed by atoms with E-state index in [0.717, 1.165) is 15.6 Å². The summed E-state index contributed by atoms with van der Waals surface area (Å²) in [6.45, 7) is 0. The zero-order valence-electron chi connectivity index (χ0n) is 8.14. The lowest BCUT2D eigenvalue weighted by molar-refractivity contribution is 0.380. The fraction of sp³-hybridized carbons (Fsp3) is 0.0909. The average Bonchev–Trinajstić information content (AvgIpc) is 2.30. The van der Waals surface area contributed by atoms with Crippen molar-refractivity contribution in [2.45, 2.75) is 0 Å². The molecule has 1 aromatic carbocycles. The fourth-order valence-electron chi connectivity index (χ4n) is 1.21. The van der Waals surface area contributed by atoms with E-state index in [0.29, 0.717) is 6.01 Å². The Hall–Kier alpha value is -1.42. The van der Waals surface area contributed by atoms with Gasteiger partial charge in [-0.1, -0.05) is 28.1 Å². The van der Waals surface area contributed by atoms with Gasteiger partial charge in [-0.25, -0.2) is 9.97 Å². The molecule has 0 radical (unpaired) electrons. The molecule has 2 aromatic rings. The smallest absolute Gasteiger partial charge is 0.316 e. The van der Waals surface area contributed by atoms with Crippen LogP contribution in [0.3, 0.4) is 0 Å². The van der Waals surface area contributed by atoms with Gasteiger partial charge >= 0.3 is 6.01 Å². The normalized spacial score (nSPS) is 10.0. The third-order valence-corrected chi connectivity index (χ3v) is 2.52. The summed E-state index contributed by atoms with van der Waals surface area (Å²) in [5, 5.41) is 0. The third kappa shape index (κ3) is 2.33. The van der Waals surface area contributed by atoms with Gasteiger partial charge in [-0.15, -0.1) is 0 Å². The van der Waals surface area contributed by atoms with Crippen LogP contribution in [0.15, 0.2) is 41.1 Å². The summed E-state index contributed by atoms with van der Waals surface area (Å²) < 4.78 is 5.95. The summed E-state index contributed by atoms with van der Waals surface area (Å²) >= 11 is 3.39. The minimum Gasteiger partial charge on any atom is -0.467 e. The Labute approximate surface area is 96.3 Å². The van der Waals surface area contributed by atoms with Crippen molar-refractivity contribution >= 4 is 15.9 Å². The maximum Gasteiger partial charge on any atom is 0.316 e. The number of aromatic nitrogens is 2. The lowest BCUT2D eigenvalue weighted by Gasteiger charge is -2.01. The SMILES string of the molecule is COc1ncc(-c2ccc(Br)cc2)cn1. The lowest BCUT2D eigenvalue weighted by atomic mass is 10.1. The molecule has 0 N–H and O–H groups in total. The second-order valence-corrected chi connectivity index (χ2v) is 3.88. The van der Waals surface area contributed by atoms with Gasteiger partial charge in [0.25, 0.3) is 0 Å². The number of nitrogens with zero attached hydrogens (tertiary/aromatic N) is 2. The van der Waals surface area contributed by atoms with Crippen LogP contribution >= 0.6 is 15.9 Å². The van der Waals surface area contributed by atoms with Gasteiger partial charge in [0, 0.05) is 22.4 Å². The van der Waals surface area contributed by atoms with Crippen molar-refractivity contribution in [3.63, 3.8) is 0 Å². The number of rotatable bonds is 2. The van der Waals surface area contributed by atoms with Crippen LogP contribution in [-0.4, -0.2) is 17.1 Å². The topological polar surface area (TPSA) is 35.0 Å². The van der Waals surface area contributed by atoms with Gasteiger partial charge in [0.2, 0.25) is 0 Å². The molecular weight excluding hydrogens is 256 g/mol. The van der Waals surface area contributed by atoms with E-state index in [9.17, 15) is 0 Å². The van der Waals surface area contributed by atoms with E-state index in [2.05, 4.69) is 25.9 Å². The molecule has 76 valence electrons. The number of halogens is 1. The van der Waals surface area contributed by atoms with Gasteiger partial charge in [0.15, 0.2) is 0 Å². The van der Waals surface area contributed by atoms with Gasteiger partial charge in [-0.2, -0.15) is 0 Å². The Kier molecular flexibility index (Phi) is 2.97. The predicted octanol–water partition coefficient (Wildman–Crippen LogP) is 2.91. The second-order valence-electron chi connectivity index (χ2n) is 2.97. The minimum atomic E-state index is 0.385. The molecule has 1 heterocycles. The summed E-state index contributed by atoms with van der Waals surface area (Å²) in [6.07, 6.45) is 3.49. The van der Waals surface area contributed by atoms with Crippen LogP contribution in [0.5, 0.6) is 6.01 Å². The first kappa shape index (κ1) is 10.1. The Balaban J connectivity index is 2.33. The van der Waals surface area contributed by atoms with Crippen LogP contribution in [0.2, 0.25) is 0 Å². The van der Waals surface area contributed by atoms with Crippen LogP contribution in [0.4, 0.5) is 0 Å². The van der Waals surface area contributed by atoms with E-state index >= 15 is 0 Å². The second kappa shape index (κ2) is 4.40. The molecule has 1 aromatic heterocycles. The number of benzene rings is 1. The first-order valence-corrected chi connectivity index (χ1v) is 5.21. The van der Waals surface area contributed by atoms with Crippen molar-refractivity contribution in [3.05, 3.63) is 41.1 Å². The summed E-state index contributed by atoms with van der Waals surface area (Å²) in [5.74, 6) is 0. The van der Waals surface area contributed by atoms with E-state index in [1.165, 1.54) is 0 Å². The van der Waals surface area contributed by atoms with Gasteiger partial charge in [0.05, 0.1) is 7.11 Å². The number of ether oxygens (including phenoxy) is 1. The number of methoxy groups -OCH3 is 1. The van der Waals surface area contributed by atoms with Crippen LogP contribution in [0.25, 0.3) is 11.1 Å². The highest BCUT2D eigenvalue weighted by atomic mass is 79.9. The van der Waals surface area contributed by atoms with E-state index in [4.69, 9.17) is 4.74 Å². The molecule has 0 spiro atoms. The van der Waals surface area contributed by atoms with Crippen molar-refractivity contribution < 1.29 is 4.74 Å². The van der Waals surface area contributed by atoms with Crippen LogP contribution in [0.1, 0.15) is 0 Å². The Morgan fingerprint density at radius 2 is 1.60 bits per heavy atom. The maximum absolute atomic E-state index is 4.89. The van der Waals surface area contributed by atoms with Crippen LogP contribution in [0, 0.1) is 0 Å². The first-order chi connectivity index (χ1) is 7.29. The van der Waals surface area contributed by atoms with Crippen molar-refractivity contribution in [3.8, 4) is 17.1 Å². The molecule has 0 saturated carbocycles. The molecule has 0 aliphatic rings. The standard InChI is InChI=1S/C11H9BrN2O/c1-15-11-13-6-9(7-14-11)8-2-4-10(12)5-3-8/h2-7H,1H3. The average molecular weight is 265 g/mol. The molecular formula is C11H9BrN2O. The van der Waals surface area contributed by atoms with E-state index < -0.39 is 0 Å². The van der Waals surface area contributed by atoms with E-state index in [1.807, 2.05) is 24.3 Å². The van der Waals surface area contributed by atoms with Crippen LogP contribution < -0.4 is 4.74 Å². The van der Waals surface area contributed by atoms with Gasteiger partial charge in [-0.05, 0) is 17.7 Å². The zero-order valence-corrected chi connectivity index (χ0v) is 9.73. The molecule has 0 aliphatic heterocycles. The van der Waals surface area contributed by atoms with Crippen LogP contribution in [-0.2, 0) is 0 Å². The van der Waals surface area contributed by atoms with Gasteiger partial charge in [-0.3, -0.25) is 0 Å². The summed E-state index contributed by atoms with van der Waals surface area (Å²) in [6, 6.07) is 8.37. The van der Waals surface area contributed by atoms with Crippen molar-refractivity contribution in [1.82, 2.24) is 9.97 Å². The number of hydrogen-bond acceptors (Lipinski definition) is 3. The molecule has 2 rings (SSSR count). The molecule has 0 unspecified atom stereocenters. The monoisotopic (exact) mass is 264 g/mol. The molecule has 0 atom stereocenters. The molecule has 0 aliphatic carbocycles. The summed E-state index contributed by atoms with van der Waals surface area (Å²) in [5.41, 5.74) is 2.06. The molecule has 0 amide bonds. The third-order valence-electron chi connectivity index (χ3n) is 1.99. The maximum atomic E-state index is 4.89. The Morgan fingerprint density at radius 1 is 1.00 bits per heavy atom. The quantitative estimate of drug-likeness (QED) is 0.837. The highest BCUT2D eigenvalue weighted by Crippen LogP contribution is 2.20. The fourth-order valence-corrected chi connectivity index (χ4v) is 1.48. The molecule has 15 heavy (non-hydrogen) atoms. The van der Waals surface area contributed by atoms with Gasteiger partial charge < -0.3 is 4.74 Å². The molecule has 0 saturated heterocycles. The van der Waals surface area contributed by atoms with Crippen molar-refractivity contribution in [2.75, 3.05) is 7.11 Å². The van der Waals surface area contributed by atoms with Crippen molar-refractivity contribution in [2.24, 2.45) is 0 Å². The minimum absolute atomic E-state index is 0.385. The lowest BCUT2D eigenvalue weighted by Crippen LogP contribution is -1.91. The van der Waals surface area contributed by atoms with Crippen molar-refractivity contribution in [1.29, 1.82) is 0 Å². The summed E-state index contributed by atoms with van der Waals surface area (Å²) in [7, 11) is 1.55. The molecule has 0 fully saturated rings. The predicted molar refractivity (Wildman–Crippen MR) is 61.7 cm³/mol. The zero-order chi connectivity index (χ0) is 10.7.